The van der Waals surface area contributed by atoms with E-state index < -0.39 is 0 Å². The summed E-state index contributed by atoms with van der Waals surface area (Å²) in [5, 5.41) is 0. The number of ether oxygens (including phenoxy) is 4. The van der Waals surface area contributed by atoms with Gasteiger partial charge in [-0.1, -0.05) is 26.0 Å². The second-order valence-electron chi connectivity index (χ2n) is 7.12. The molecule has 0 spiro atoms. The monoisotopic (exact) mass is 320 g/mol. The molecule has 0 radical (unpaired) electrons. The predicted molar refractivity (Wildman–Crippen MR) is 88.7 cm³/mol. The van der Waals surface area contributed by atoms with Crippen molar-refractivity contribution in [3.8, 4) is 5.75 Å². The van der Waals surface area contributed by atoms with Gasteiger partial charge in [-0.05, 0) is 30.5 Å². The standard InChI is InChI=1S/C19H28O4/c1-3-18(11-21-12-18)10-20-9-16-5-7-17(8-6-16)23-15-19(4-2)13-22-14-19/h5-8H,3-4,9-15H2,1-2H3. The van der Waals surface area contributed by atoms with Gasteiger partial charge < -0.3 is 18.9 Å². The minimum Gasteiger partial charge on any atom is -0.493 e. The summed E-state index contributed by atoms with van der Waals surface area (Å²) in [6.45, 7) is 9.86. The van der Waals surface area contributed by atoms with Gasteiger partial charge in [0, 0.05) is 5.41 Å². The van der Waals surface area contributed by atoms with Crippen LogP contribution in [0.4, 0.5) is 0 Å². The van der Waals surface area contributed by atoms with E-state index in [1.807, 2.05) is 12.1 Å². The van der Waals surface area contributed by atoms with Gasteiger partial charge in [-0.15, -0.1) is 0 Å². The highest BCUT2D eigenvalue weighted by Gasteiger charge is 2.38. The van der Waals surface area contributed by atoms with Crippen LogP contribution in [-0.2, 0) is 20.8 Å². The Morgan fingerprint density at radius 1 is 0.870 bits per heavy atom. The van der Waals surface area contributed by atoms with Gasteiger partial charge in [0.05, 0.1) is 51.7 Å². The average Bonchev–Trinajstić information content (AvgIpc) is 2.51. The zero-order valence-electron chi connectivity index (χ0n) is 14.3. The third-order valence-corrected chi connectivity index (χ3v) is 5.28. The van der Waals surface area contributed by atoms with Crippen LogP contribution in [-0.4, -0.2) is 39.6 Å². The molecule has 128 valence electrons. The van der Waals surface area contributed by atoms with Crippen molar-refractivity contribution in [3.05, 3.63) is 29.8 Å². The molecule has 1 aromatic carbocycles. The Kier molecular flexibility index (Phi) is 5.24. The van der Waals surface area contributed by atoms with E-state index in [1.54, 1.807) is 0 Å². The predicted octanol–water partition coefficient (Wildman–Crippen LogP) is 3.44. The van der Waals surface area contributed by atoms with Crippen molar-refractivity contribution in [3.63, 3.8) is 0 Å². The Hall–Kier alpha value is -1.10. The molecule has 0 aliphatic carbocycles. The molecule has 2 fully saturated rings. The summed E-state index contributed by atoms with van der Waals surface area (Å²) in [5.74, 6) is 0.922. The van der Waals surface area contributed by atoms with E-state index in [9.17, 15) is 0 Å². The van der Waals surface area contributed by atoms with Gasteiger partial charge in [-0.3, -0.25) is 0 Å². The smallest absolute Gasteiger partial charge is 0.119 e. The molecule has 0 unspecified atom stereocenters. The minimum absolute atomic E-state index is 0.223. The lowest BCUT2D eigenvalue weighted by Gasteiger charge is -2.40. The summed E-state index contributed by atoms with van der Waals surface area (Å²) < 4.78 is 22.4. The van der Waals surface area contributed by atoms with Gasteiger partial charge in [0.25, 0.3) is 0 Å². The molecule has 2 saturated heterocycles. The molecular formula is C19H28O4. The van der Waals surface area contributed by atoms with Crippen LogP contribution in [0.15, 0.2) is 24.3 Å². The highest BCUT2D eigenvalue weighted by Crippen LogP contribution is 2.33. The third-order valence-electron chi connectivity index (χ3n) is 5.28. The fourth-order valence-electron chi connectivity index (χ4n) is 2.86. The minimum atomic E-state index is 0.223. The van der Waals surface area contributed by atoms with Crippen molar-refractivity contribution >= 4 is 0 Å². The van der Waals surface area contributed by atoms with Crippen LogP contribution in [0.2, 0.25) is 0 Å². The number of hydrogen-bond donors (Lipinski definition) is 0. The van der Waals surface area contributed by atoms with Gasteiger partial charge in [0.15, 0.2) is 0 Å². The molecule has 0 amide bonds. The Bertz CT molecular complexity index is 478. The highest BCUT2D eigenvalue weighted by molar-refractivity contribution is 5.27. The molecule has 3 rings (SSSR count). The van der Waals surface area contributed by atoms with Crippen LogP contribution in [0.1, 0.15) is 32.3 Å². The first-order valence-corrected chi connectivity index (χ1v) is 8.64. The summed E-state index contributed by atoms with van der Waals surface area (Å²) in [6, 6.07) is 8.23. The number of hydrogen-bond acceptors (Lipinski definition) is 4. The third kappa shape index (κ3) is 3.87. The summed E-state index contributed by atoms with van der Waals surface area (Å²) in [5.41, 5.74) is 1.66. The molecule has 0 N–H and O–H groups in total. The zero-order valence-corrected chi connectivity index (χ0v) is 14.3. The van der Waals surface area contributed by atoms with Gasteiger partial charge in [0.2, 0.25) is 0 Å². The Labute approximate surface area is 139 Å². The largest absolute Gasteiger partial charge is 0.493 e. The molecule has 2 aliphatic heterocycles. The lowest BCUT2D eigenvalue weighted by atomic mass is 9.84. The molecule has 0 atom stereocenters. The van der Waals surface area contributed by atoms with Crippen molar-refractivity contribution < 1.29 is 18.9 Å². The SMILES string of the molecule is CCC1(COCc2ccc(OCC3(CC)COC3)cc2)COC1. The quantitative estimate of drug-likeness (QED) is 0.698. The van der Waals surface area contributed by atoms with Crippen molar-refractivity contribution in [2.45, 2.75) is 33.3 Å². The molecule has 2 aliphatic rings. The summed E-state index contributed by atoms with van der Waals surface area (Å²) in [7, 11) is 0. The molecule has 0 bridgehead atoms. The maximum atomic E-state index is 5.92. The van der Waals surface area contributed by atoms with Gasteiger partial charge in [0.1, 0.15) is 5.75 Å². The highest BCUT2D eigenvalue weighted by atomic mass is 16.5. The van der Waals surface area contributed by atoms with Crippen LogP contribution in [0, 0.1) is 10.8 Å². The Morgan fingerprint density at radius 3 is 1.91 bits per heavy atom. The lowest BCUT2D eigenvalue weighted by Crippen LogP contribution is -2.46. The van der Waals surface area contributed by atoms with Crippen molar-refractivity contribution in [2.75, 3.05) is 39.6 Å². The maximum absolute atomic E-state index is 5.92. The summed E-state index contributed by atoms with van der Waals surface area (Å²) >= 11 is 0. The second-order valence-corrected chi connectivity index (χ2v) is 7.12. The topological polar surface area (TPSA) is 36.9 Å². The normalized spacial score (nSPS) is 21.3. The van der Waals surface area contributed by atoms with Crippen LogP contribution >= 0.6 is 0 Å². The van der Waals surface area contributed by atoms with Gasteiger partial charge >= 0.3 is 0 Å². The summed E-state index contributed by atoms with van der Waals surface area (Å²) in [6.07, 6.45) is 2.21. The van der Waals surface area contributed by atoms with Gasteiger partial charge in [-0.25, -0.2) is 0 Å². The van der Waals surface area contributed by atoms with Crippen LogP contribution in [0.3, 0.4) is 0 Å². The first-order chi connectivity index (χ1) is 11.2. The molecule has 4 nitrogen and oxygen atoms in total. The van der Waals surface area contributed by atoms with Crippen LogP contribution in [0.5, 0.6) is 5.75 Å². The molecule has 0 aromatic heterocycles. The molecule has 1 aromatic rings. The molecule has 23 heavy (non-hydrogen) atoms. The van der Waals surface area contributed by atoms with Gasteiger partial charge in [-0.2, -0.15) is 0 Å². The van der Waals surface area contributed by atoms with E-state index in [2.05, 4.69) is 26.0 Å². The molecule has 4 heteroatoms. The first kappa shape index (κ1) is 16.7. The fourth-order valence-corrected chi connectivity index (χ4v) is 2.86. The van der Waals surface area contributed by atoms with Crippen LogP contribution in [0.25, 0.3) is 0 Å². The van der Waals surface area contributed by atoms with E-state index in [0.29, 0.717) is 6.61 Å². The average molecular weight is 320 g/mol. The molecule has 0 saturated carbocycles. The Balaban J connectivity index is 1.42. The zero-order chi connectivity index (χ0) is 16.2. The van der Waals surface area contributed by atoms with E-state index in [1.165, 1.54) is 5.56 Å². The summed E-state index contributed by atoms with van der Waals surface area (Å²) in [4.78, 5) is 0. The fraction of sp³-hybridized carbons (Fsp3) is 0.684. The van der Waals surface area contributed by atoms with Crippen LogP contribution < -0.4 is 4.74 Å². The lowest BCUT2D eigenvalue weighted by molar-refractivity contribution is -0.152. The van der Waals surface area contributed by atoms with E-state index >= 15 is 0 Å². The second kappa shape index (κ2) is 7.20. The number of rotatable bonds is 9. The maximum Gasteiger partial charge on any atom is 0.119 e. The number of benzene rings is 1. The van der Waals surface area contributed by atoms with E-state index in [0.717, 1.165) is 58.2 Å². The van der Waals surface area contributed by atoms with Crippen molar-refractivity contribution in [1.29, 1.82) is 0 Å². The Morgan fingerprint density at radius 2 is 1.43 bits per heavy atom. The van der Waals surface area contributed by atoms with Crippen molar-refractivity contribution in [2.24, 2.45) is 10.8 Å². The molecule has 2 heterocycles. The first-order valence-electron chi connectivity index (χ1n) is 8.64. The molecular weight excluding hydrogens is 292 g/mol. The van der Waals surface area contributed by atoms with E-state index in [4.69, 9.17) is 18.9 Å². The van der Waals surface area contributed by atoms with Crippen molar-refractivity contribution in [1.82, 2.24) is 0 Å². The van der Waals surface area contributed by atoms with E-state index in [-0.39, 0.29) is 10.8 Å².